The number of ether oxygens (including phenoxy) is 1. The Hall–Kier alpha value is -0.460. The molecule has 0 aromatic heterocycles. The highest BCUT2D eigenvalue weighted by atomic mass is 16.5. The second kappa shape index (κ2) is 10.3. The minimum Gasteiger partial charge on any atom is -0.498 e. The van der Waals surface area contributed by atoms with E-state index in [1.54, 1.807) is 0 Å². The van der Waals surface area contributed by atoms with E-state index in [0.29, 0.717) is 6.10 Å². The van der Waals surface area contributed by atoms with Crippen molar-refractivity contribution in [2.24, 2.45) is 17.8 Å². The molecule has 1 nitrogen and oxygen atoms in total. The van der Waals surface area contributed by atoms with Gasteiger partial charge >= 0.3 is 0 Å². The Kier molecular flexibility index (Phi) is 8.41. The number of unbranched alkanes of at least 4 members (excludes halogenated alkanes) is 2. The lowest BCUT2D eigenvalue weighted by Gasteiger charge is -2.38. The van der Waals surface area contributed by atoms with Gasteiger partial charge in [-0.3, -0.25) is 0 Å². The van der Waals surface area contributed by atoms with E-state index < -0.39 is 0 Å². The normalized spacial score (nSPS) is 33.2. The molecule has 2 fully saturated rings. The van der Waals surface area contributed by atoms with Crippen LogP contribution in [0, 0.1) is 17.8 Å². The maximum absolute atomic E-state index is 6.03. The summed E-state index contributed by atoms with van der Waals surface area (Å²) >= 11 is 0. The molecule has 22 heavy (non-hydrogen) atoms. The highest BCUT2D eigenvalue weighted by molar-refractivity contribution is 4.84. The minimum atomic E-state index is 0.505. The molecule has 0 heterocycles. The SMILES string of the molecule is CCCC/C=C/OC1CCCC(C2CCC(CCC)CC2)C1. The minimum absolute atomic E-state index is 0.505. The zero-order chi connectivity index (χ0) is 15.6. The Labute approximate surface area is 138 Å². The van der Waals surface area contributed by atoms with Gasteiger partial charge in [0.05, 0.1) is 12.4 Å². The summed E-state index contributed by atoms with van der Waals surface area (Å²) in [6.45, 7) is 4.58. The van der Waals surface area contributed by atoms with Crippen molar-refractivity contribution in [3.05, 3.63) is 12.3 Å². The highest BCUT2D eigenvalue weighted by Crippen LogP contribution is 2.41. The van der Waals surface area contributed by atoms with Crippen LogP contribution in [0.5, 0.6) is 0 Å². The van der Waals surface area contributed by atoms with Gasteiger partial charge in [-0.2, -0.15) is 0 Å². The zero-order valence-electron chi connectivity index (χ0n) is 15.1. The molecule has 0 bridgehead atoms. The second-order valence-electron chi connectivity index (χ2n) is 7.77. The Balaban J connectivity index is 1.68. The van der Waals surface area contributed by atoms with Gasteiger partial charge in [0.15, 0.2) is 0 Å². The summed E-state index contributed by atoms with van der Waals surface area (Å²) in [4.78, 5) is 0. The Morgan fingerprint density at radius 3 is 2.45 bits per heavy atom. The Morgan fingerprint density at radius 2 is 1.73 bits per heavy atom. The molecule has 2 aliphatic carbocycles. The van der Waals surface area contributed by atoms with E-state index in [9.17, 15) is 0 Å². The molecular formula is C21H38O. The van der Waals surface area contributed by atoms with Gasteiger partial charge in [0.25, 0.3) is 0 Å². The first-order valence-electron chi connectivity index (χ1n) is 10.1. The molecule has 2 saturated carbocycles. The maximum atomic E-state index is 6.03. The lowest BCUT2D eigenvalue weighted by atomic mass is 9.70. The van der Waals surface area contributed by atoms with Gasteiger partial charge in [-0.1, -0.05) is 46.0 Å². The van der Waals surface area contributed by atoms with Crippen molar-refractivity contribution in [2.75, 3.05) is 0 Å². The van der Waals surface area contributed by atoms with Crippen LogP contribution in [0.1, 0.15) is 97.3 Å². The molecule has 0 N–H and O–H groups in total. The number of hydrogen-bond donors (Lipinski definition) is 0. The molecule has 0 aromatic carbocycles. The van der Waals surface area contributed by atoms with Gasteiger partial charge in [-0.15, -0.1) is 0 Å². The summed E-state index contributed by atoms with van der Waals surface area (Å²) in [6.07, 6.45) is 22.7. The summed E-state index contributed by atoms with van der Waals surface area (Å²) in [5.74, 6) is 2.99. The molecule has 0 aromatic rings. The second-order valence-corrected chi connectivity index (χ2v) is 7.77. The molecule has 0 saturated heterocycles. The molecule has 0 radical (unpaired) electrons. The first kappa shape index (κ1) is 17.9. The Morgan fingerprint density at radius 1 is 0.909 bits per heavy atom. The summed E-state index contributed by atoms with van der Waals surface area (Å²) < 4.78 is 6.03. The van der Waals surface area contributed by atoms with Gasteiger partial charge < -0.3 is 4.74 Å². The third-order valence-corrected chi connectivity index (χ3v) is 6.01. The monoisotopic (exact) mass is 306 g/mol. The van der Waals surface area contributed by atoms with Gasteiger partial charge in [0.1, 0.15) is 0 Å². The van der Waals surface area contributed by atoms with Crippen molar-refractivity contribution >= 4 is 0 Å². The fourth-order valence-electron chi connectivity index (χ4n) is 4.65. The fourth-order valence-corrected chi connectivity index (χ4v) is 4.65. The van der Waals surface area contributed by atoms with Crippen molar-refractivity contribution in [1.29, 1.82) is 0 Å². The molecule has 1 heteroatoms. The predicted molar refractivity (Wildman–Crippen MR) is 95.9 cm³/mol. The van der Waals surface area contributed by atoms with Gasteiger partial charge in [0.2, 0.25) is 0 Å². The maximum Gasteiger partial charge on any atom is 0.0981 e. The molecule has 2 unspecified atom stereocenters. The van der Waals surface area contributed by atoms with Crippen LogP contribution in [0.2, 0.25) is 0 Å². The average molecular weight is 307 g/mol. The summed E-state index contributed by atoms with van der Waals surface area (Å²) in [6, 6.07) is 0. The van der Waals surface area contributed by atoms with Gasteiger partial charge in [0, 0.05) is 0 Å². The van der Waals surface area contributed by atoms with Crippen LogP contribution >= 0.6 is 0 Å². The van der Waals surface area contributed by atoms with Crippen LogP contribution in [0.15, 0.2) is 12.3 Å². The van der Waals surface area contributed by atoms with Crippen LogP contribution in [0.4, 0.5) is 0 Å². The van der Waals surface area contributed by atoms with E-state index in [4.69, 9.17) is 4.74 Å². The van der Waals surface area contributed by atoms with Crippen LogP contribution in [0.3, 0.4) is 0 Å². The van der Waals surface area contributed by atoms with Gasteiger partial charge in [-0.05, 0) is 75.2 Å². The molecule has 128 valence electrons. The van der Waals surface area contributed by atoms with Crippen molar-refractivity contribution in [3.63, 3.8) is 0 Å². The van der Waals surface area contributed by atoms with E-state index in [1.165, 1.54) is 83.5 Å². The van der Waals surface area contributed by atoms with Crippen molar-refractivity contribution in [3.8, 4) is 0 Å². The lowest BCUT2D eigenvalue weighted by Crippen LogP contribution is -2.29. The molecule has 2 atom stereocenters. The van der Waals surface area contributed by atoms with Crippen molar-refractivity contribution in [1.82, 2.24) is 0 Å². The summed E-state index contributed by atoms with van der Waals surface area (Å²) in [5.41, 5.74) is 0. The standard InChI is InChI=1S/C21H38O/c1-3-5-6-7-16-22-21-11-8-10-20(17-21)19-14-12-18(9-4-2)13-15-19/h7,16,18-21H,3-6,8-15,17H2,1-2H3/b16-7+. The first-order valence-corrected chi connectivity index (χ1v) is 10.1. The summed E-state index contributed by atoms with van der Waals surface area (Å²) in [5, 5.41) is 0. The molecule has 2 aliphatic rings. The number of hydrogen-bond acceptors (Lipinski definition) is 1. The fraction of sp³-hybridized carbons (Fsp3) is 0.905. The van der Waals surface area contributed by atoms with Crippen molar-refractivity contribution in [2.45, 2.75) is 103 Å². The summed E-state index contributed by atoms with van der Waals surface area (Å²) in [7, 11) is 0. The van der Waals surface area contributed by atoms with E-state index in [0.717, 1.165) is 17.8 Å². The van der Waals surface area contributed by atoms with Crippen molar-refractivity contribution < 1.29 is 4.74 Å². The zero-order valence-corrected chi connectivity index (χ0v) is 15.1. The number of allylic oxidation sites excluding steroid dienone is 1. The molecule has 0 aliphatic heterocycles. The van der Waals surface area contributed by atoms with Crippen LogP contribution in [-0.2, 0) is 4.74 Å². The number of rotatable bonds is 8. The van der Waals surface area contributed by atoms with Crippen LogP contribution < -0.4 is 0 Å². The van der Waals surface area contributed by atoms with E-state index in [2.05, 4.69) is 19.9 Å². The molecule has 2 rings (SSSR count). The molecule has 0 amide bonds. The molecular weight excluding hydrogens is 268 g/mol. The first-order chi connectivity index (χ1) is 10.8. The lowest BCUT2D eigenvalue weighted by molar-refractivity contribution is 0.0510. The third kappa shape index (κ3) is 5.97. The van der Waals surface area contributed by atoms with E-state index >= 15 is 0 Å². The largest absolute Gasteiger partial charge is 0.498 e. The third-order valence-electron chi connectivity index (χ3n) is 6.01. The van der Waals surface area contributed by atoms with Crippen LogP contribution in [-0.4, -0.2) is 6.10 Å². The van der Waals surface area contributed by atoms with E-state index in [-0.39, 0.29) is 0 Å². The molecule has 0 spiro atoms. The smallest absolute Gasteiger partial charge is 0.0981 e. The van der Waals surface area contributed by atoms with E-state index in [1.807, 2.05) is 6.26 Å². The highest BCUT2D eigenvalue weighted by Gasteiger charge is 2.31. The van der Waals surface area contributed by atoms with Crippen LogP contribution in [0.25, 0.3) is 0 Å². The van der Waals surface area contributed by atoms with Gasteiger partial charge in [-0.25, -0.2) is 0 Å². The predicted octanol–water partition coefficient (Wildman–Crippen LogP) is 6.87. The average Bonchev–Trinajstić information content (AvgIpc) is 2.56. The topological polar surface area (TPSA) is 9.23 Å². The Bertz CT molecular complexity index is 301. The quantitative estimate of drug-likeness (QED) is 0.351.